The lowest BCUT2D eigenvalue weighted by molar-refractivity contribution is 0.684. The van der Waals surface area contributed by atoms with Crippen LogP contribution in [0.1, 0.15) is 25.5 Å². The zero-order valence-corrected chi connectivity index (χ0v) is 8.57. The lowest BCUT2D eigenvalue weighted by Crippen LogP contribution is -2.05. The molecule has 0 amide bonds. The Morgan fingerprint density at radius 2 is 2.29 bits per heavy atom. The van der Waals surface area contributed by atoms with Crippen LogP contribution in [0.4, 0.5) is 0 Å². The molecule has 74 valence electrons. The maximum atomic E-state index is 5.89. The summed E-state index contributed by atoms with van der Waals surface area (Å²) in [5.74, 6) is 0. The molecule has 2 N–H and O–H groups in total. The lowest BCUT2D eigenvalue weighted by atomic mass is 10.1. The Morgan fingerprint density at radius 3 is 2.93 bits per heavy atom. The summed E-state index contributed by atoms with van der Waals surface area (Å²) >= 11 is 0. The van der Waals surface area contributed by atoms with E-state index in [1.165, 1.54) is 16.5 Å². The number of hydrogen-bond donors (Lipinski definition) is 1. The first-order chi connectivity index (χ1) is 6.74. The van der Waals surface area contributed by atoms with Crippen LogP contribution in [0.15, 0.2) is 24.4 Å². The molecular weight excluding hydrogens is 174 g/mol. The zero-order chi connectivity index (χ0) is 10.1. The summed E-state index contributed by atoms with van der Waals surface area (Å²) in [6.45, 7) is 4.98. The van der Waals surface area contributed by atoms with Crippen molar-refractivity contribution in [1.82, 2.24) is 9.78 Å². The van der Waals surface area contributed by atoms with E-state index in [4.69, 9.17) is 5.73 Å². The summed E-state index contributed by atoms with van der Waals surface area (Å²) in [7, 11) is 0. The minimum atomic E-state index is 0.0632. The molecule has 3 heteroatoms. The summed E-state index contributed by atoms with van der Waals surface area (Å²) in [4.78, 5) is 0. The Kier molecular flexibility index (Phi) is 2.25. The van der Waals surface area contributed by atoms with Gasteiger partial charge in [-0.15, -0.1) is 0 Å². The number of nitrogens with two attached hydrogens (primary N) is 1. The van der Waals surface area contributed by atoms with Crippen LogP contribution in [-0.2, 0) is 6.54 Å². The highest BCUT2D eigenvalue weighted by Crippen LogP contribution is 2.22. The van der Waals surface area contributed by atoms with Gasteiger partial charge in [0.15, 0.2) is 0 Å². The monoisotopic (exact) mass is 189 g/mol. The molecule has 2 aromatic rings. The molecule has 1 aromatic carbocycles. The molecule has 0 radical (unpaired) electrons. The van der Waals surface area contributed by atoms with Crippen LogP contribution in [0.5, 0.6) is 0 Å². The second-order valence-electron chi connectivity index (χ2n) is 3.53. The summed E-state index contributed by atoms with van der Waals surface area (Å²) in [5, 5.41) is 5.49. The normalized spacial score (nSPS) is 13.4. The van der Waals surface area contributed by atoms with Crippen LogP contribution in [0.3, 0.4) is 0 Å². The maximum Gasteiger partial charge on any atom is 0.0685 e. The molecule has 1 unspecified atom stereocenters. The van der Waals surface area contributed by atoms with Crippen molar-refractivity contribution in [2.24, 2.45) is 5.73 Å². The molecule has 0 saturated carbocycles. The SMILES string of the molecule is CCn1ncc2c(C(C)N)cccc21. The molecule has 3 nitrogen and oxygen atoms in total. The van der Waals surface area contributed by atoms with E-state index in [1.807, 2.05) is 23.9 Å². The van der Waals surface area contributed by atoms with Crippen molar-refractivity contribution in [2.45, 2.75) is 26.4 Å². The number of fused-ring (bicyclic) bond motifs is 1. The van der Waals surface area contributed by atoms with E-state index in [9.17, 15) is 0 Å². The first-order valence-electron chi connectivity index (χ1n) is 4.94. The van der Waals surface area contributed by atoms with Gasteiger partial charge in [0.05, 0.1) is 11.7 Å². The predicted molar refractivity (Wildman–Crippen MR) is 58.0 cm³/mol. The molecule has 1 heterocycles. The van der Waals surface area contributed by atoms with E-state index >= 15 is 0 Å². The van der Waals surface area contributed by atoms with Gasteiger partial charge in [-0.05, 0) is 25.5 Å². The third-order valence-electron chi connectivity index (χ3n) is 2.51. The fourth-order valence-corrected chi connectivity index (χ4v) is 1.77. The quantitative estimate of drug-likeness (QED) is 0.786. The smallest absolute Gasteiger partial charge is 0.0685 e. The van der Waals surface area contributed by atoms with Crippen molar-refractivity contribution in [3.63, 3.8) is 0 Å². The van der Waals surface area contributed by atoms with Crippen molar-refractivity contribution < 1.29 is 0 Å². The van der Waals surface area contributed by atoms with Crippen molar-refractivity contribution >= 4 is 10.9 Å². The average Bonchev–Trinajstić information content (AvgIpc) is 2.59. The van der Waals surface area contributed by atoms with Crippen LogP contribution in [0.2, 0.25) is 0 Å². The summed E-state index contributed by atoms with van der Waals surface area (Å²) in [6, 6.07) is 6.24. The van der Waals surface area contributed by atoms with Crippen LogP contribution in [0, 0.1) is 0 Å². The third kappa shape index (κ3) is 1.30. The fourth-order valence-electron chi connectivity index (χ4n) is 1.77. The highest BCUT2D eigenvalue weighted by atomic mass is 15.3. The second-order valence-corrected chi connectivity index (χ2v) is 3.53. The Bertz CT molecular complexity index is 443. The Balaban J connectivity index is 2.70. The van der Waals surface area contributed by atoms with E-state index in [1.54, 1.807) is 0 Å². The van der Waals surface area contributed by atoms with Crippen molar-refractivity contribution in [3.8, 4) is 0 Å². The molecule has 1 atom stereocenters. The van der Waals surface area contributed by atoms with Gasteiger partial charge in [0.25, 0.3) is 0 Å². The number of aromatic nitrogens is 2. The maximum absolute atomic E-state index is 5.89. The molecule has 0 fully saturated rings. The molecule has 1 aromatic heterocycles. The molecule has 0 aliphatic heterocycles. The van der Waals surface area contributed by atoms with E-state index in [2.05, 4.69) is 24.2 Å². The van der Waals surface area contributed by atoms with Gasteiger partial charge in [0.2, 0.25) is 0 Å². The standard InChI is InChI=1S/C11H15N3/c1-3-14-11-6-4-5-9(8(2)12)10(11)7-13-14/h4-8H,3,12H2,1-2H3. The molecule has 0 aliphatic carbocycles. The lowest BCUT2D eigenvalue weighted by Gasteiger charge is -2.06. The minimum absolute atomic E-state index is 0.0632. The number of aryl methyl sites for hydroxylation is 1. The minimum Gasteiger partial charge on any atom is -0.324 e. The average molecular weight is 189 g/mol. The number of benzene rings is 1. The van der Waals surface area contributed by atoms with Crippen molar-refractivity contribution in [3.05, 3.63) is 30.0 Å². The van der Waals surface area contributed by atoms with E-state index in [0.29, 0.717) is 0 Å². The number of hydrogen-bond acceptors (Lipinski definition) is 2. The van der Waals surface area contributed by atoms with Gasteiger partial charge in [-0.1, -0.05) is 12.1 Å². The topological polar surface area (TPSA) is 43.8 Å². The van der Waals surface area contributed by atoms with Crippen LogP contribution >= 0.6 is 0 Å². The Morgan fingerprint density at radius 1 is 1.50 bits per heavy atom. The van der Waals surface area contributed by atoms with Gasteiger partial charge in [0.1, 0.15) is 0 Å². The number of rotatable bonds is 2. The third-order valence-corrected chi connectivity index (χ3v) is 2.51. The van der Waals surface area contributed by atoms with Crippen LogP contribution < -0.4 is 5.73 Å². The van der Waals surface area contributed by atoms with E-state index in [0.717, 1.165) is 6.54 Å². The molecule has 0 spiro atoms. The second kappa shape index (κ2) is 3.42. The van der Waals surface area contributed by atoms with E-state index in [-0.39, 0.29) is 6.04 Å². The van der Waals surface area contributed by atoms with Gasteiger partial charge in [-0.2, -0.15) is 5.10 Å². The predicted octanol–water partition coefficient (Wildman–Crippen LogP) is 2.08. The van der Waals surface area contributed by atoms with Gasteiger partial charge in [-0.3, -0.25) is 4.68 Å². The molecule has 0 aliphatic rings. The van der Waals surface area contributed by atoms with Crippen molar-refractivity contribution in [1.29, 1.82) is 0 Å². The van der Waals surface area contributed by atoms with E-state index < -0.39 is 0 Å². The molecular formula is C11H15N3. The highest BCUT2D eigenvalue weighted by Gasteiger charge is 2.08. The van der Waals surface area contributed by atoms with Crippen LogP contribution in [-0.4, -0.2) is 9.78 Å². The van der Waals surface area contributed by atoms with Gasteiger partial charge < -0.3 is 5.73 Å². The Hall–Kier alpha value is -1.35. The largest absolute Gasteiger partial charge is 0.324 e. The Labute approximate surface area is 83.5 Å². The first-order valence-corrected chi connectivity index (χ1v) is 4.94. The summed E-state index contributed by atoms with van der Waals surface area (Å²) in [6.07, 6.45) is 1.90. The van der Waals surface area contributed by atoms with Crippen molar-refractivity contribution in [2.75, 3.05) is 0 Å². The molecule has 14 heavy (non-hydrogen) atoms. The number of nitrogens with zero attached hydrogens (tertiary/aromatic N) is 2. The summed E-state index contributed by atoms with van der Waals surface area (Å²) < 4.78 is 1.99. The first kappa shape index (κ1) is 9.21. The fraction of sp³-hybridized carbons (Fsp3) is 0.364. The summed E-state index contributed by atoms with van der Waals surface area (Å²) in [5.41, 5.74) is 8.23. The molecule has 0 bridgehead atoms. The van der Waals surface area contributed by atoms with Gasteiger partial charge >= 0.3 is 0 Å². The van der Waals surface area contributed by atoms with Gasteiger partial charge in [-0.25, -0.2) is 0 Å². The van der Waals surface area contributed by atoms with Gasteiger partial charge in [0, 0.05) is 18.0 Å². The highest BCUT2D eigenvalue weighted by molar-refractivity contribution is 5.82. The molecule has 0 saturated heterocycles. The zero-order valence-electron chi connectivity index (χ0n) is 8.57. The molecule has 2 rings (SSSR count). The van der Waals surface area contributed by atoms with Crippen LogP contribution in [0.25, 0.3) is 10.9 Å².